The maximum Gasteiger partial charge on any atom is 0.340 e. The van der Waals surface area contributed by atoms with Crippen molar-refractivity contribution in [1.29, 1.82) is 0 Å². The summed E-state index contributed by atoms with van der Waals surface area (Å²) in [7, 11) is 1.29. The number of benzene rings is 2. The average molecular weight is 433 g/mol. The monoisotopic (exact) mass is 431 g/mol. The van der Waals surface area contributed by atoms with Crippen LogP contribution in [0, 0.1) is 0 Å². The number of halogens is 2. The summed E-state index contributed by atoms with van der Waals surface area (Å²) < 4.78 is 5.82. The van der Waals surface area contributed by atoms with Crippen LogP contribution >= 0.6 is 27.5 Å². The Labute approximate surface area is 164 Å². The Morgan fingerprint density at radius 2 is 1.81 bits per heavy atom. The fourth-order valence-corrected chi connectivity index (χ4v) is 3.31. The number of hydrogen-bond donors (Lipinski definition) is 0. The number of allylic oxidation sites excluding steroid dienone is 1. The molecule has 26 heavy (non-hydrogen) atoms. The summed E-state index contributed by atoms with van der Waals surface area (Å²) in [5, 5.41) is 0.425. The van der Waals surface area contributed by atoms with Gasteiger partial charge in [-0.1, -0.05) is 51.8 Å². The highest BCUT2D eigenvalue weighted by Crippen LogP contribution is 2.38. The number of ether oxygens (including phenoxy) is 1. The van der Waals surface area contributed by atoms with Crippen molar-refractivity contribution < 1.29 is 14.3 Å². The second kappa shape index (κ2) is 7.48. The molecule has 1 heterocycles. The summed E-state index contributed by atoms with van der Waals surface area (Å²) in [6.45, 7) is 1.70. The van der Waals surface area contributed by atoms with Crippen LogP contribution in [-0.2, 0) is 14.3 Å². The maximum atomic E-state index is 13.1. The molecule has 0 unspecified atom stereocenters. The molecule has 0 saturated carbocycles. The van der Waals surface area contributed by atoms with Gasteiger partial charge in [0.25, 0.3) is 5.91 Å². The van der Waals surface area contributed by atoms with Gasteiger partial charge in [-0.05, 0) is 42.8 Å². The van der Waals surface area contributed by atoms with Gasteiger partial charge in [-0.25, -0.2) is 4.79 Å². The number of nitrogens with zero attached hydrogens (tertiary/aromatic N) is 1. The quantitative estimate of drug-likeness (QED) is 0.508. The molecule has 0 atom stereocenters. The standard InChI is InChI=1S/C20H15BrClNO3/c1-12-18(20(25)26-2)15(11-13-7-9-14(21)10-8-13)19(24)23(12)17-6-4-3-5-16(17)22/h3-11H,1-2H3/b15-11-. The Hall–Kier alpha value is -2.37. The van der Waals surface area contributed by atoms with Gasteiger partial charge in [0.1, 0.15) is 0 Å². The van der Waals surface area contributed by atoms with Gasteiger partial charge in [0.15, 0.2) is 0 Å². The van der Waals surface area contributed by atoms with Crippen molar-refractivity contribution in [2.24, 2.45) is 0 Å². The first-order valence-electron chi connectivity index (χ1n) is 7.80. The third-order valence-electron chi connectivity index (χ3n) is 4.06. The highest BCUT2D eigenvalue weighted by molar-refractivity contribution is 9.10. The molecule has 0 N–H and O–H groups in total. The van der Waals surface area contributed by atoms with E-state index in [1.165, 1.54) is 12.0 Å². The molecule has 132 valence electrons. The molecule has 1 amide bonds. The van der Waals surface area contributed by atoms with E-state index >= 15 is 0 Å². The van der Waals surface area contributed by atoms with Crippen molar-refractivity contribution in [2.45, 2.75) is 6.92 Å². The molecule has 3 rings (SSSR count). The lowest BCUT2D eigenvalue weighted by molar-refractivity contribution is -0.136. The minimum absolute atomic E-state index is 0.236. The lowest BCUT2D eigenvalue weighted by Crippen LogP contribution is -2.24. The van der Waals surface area contributed by atoms with Gasteiger partial charge in [0.05, 0.1) is 29.0 Å². The minimum Gasteiger partial charge on any atom is -0.465 e. The van der Waals surface area contributed by atoms with Crippen LogP contribution < -0.4 is 4.90 Å². The average Bonchev–Trinajstić information content (AvgIpc) is 2.87. The van der Waals surface area contributed by atoms with E-state index in [0.717, 1.165) is 10.0 Å². The number of rotatable bonds is 3. The molecule has 0 saturated heterocycles. The lowest BCUT2D eigenvalue weighted by Gasteiger charge is -2.19. The number of para-hydroxylation sites is 1. The summed E-state index contributed by atoms with van der Waals surface area (Å²) in [6.07, 6.45) is 1.68. The number of carbonyl (C=O) groups is 2. The molecule has 6 heteroatoms. The molecule has 0 aromatic heterocycles. The zero-order valence-electron chi connectivity index (χ0n) is 14.1. The first-order chi connectivity index (χ1) is 12.4. The summed E-state index contributed by atoms with van der Waals surface area (Å²) in [5.74, 6) is -0.882. The second-order valence-electron chi connectivity index (χ2n) is 5.65. The number of methoxy groups -OCH3 is 1. The fourth-order valence-electron chi connectivity index (χ4n) is 2.83. The third-order valence-corrected chi connectivity index (χ3v) is 4.91. The van der Waals surface area contributed by atoms with E-state index < -0.39 is 5.97 Å². The molecular weight excluding hydrogens is 418 g/mol. The smallest absolute Gasteiger partial charge is 0.340 e. The molecule has 2 aromatic carbocycles. The van der Waals surface area contributed by atoms with Crippen molar-refractivity contribution in [3.63, 3.8) is 0 Å². The van der Waals surface area contributed by atoms with Crippen LogP contribution in [-0.4, -0.2) is 19.0 Å². The number of hydrogen-bond acceptors (Lipinski definition) is 3. The second-order valence-corrected chi connectivity index (χ2v) is 6.98. The van der Waals surface area contributed by atoms with E-state index in [0.29, 0.717) is 16.4 Å². The van der Waals surface area contributed by atoms with Crippen LogP contribution in [0.25, 0.3) is 6.08 Å². The summed E-state index contributed by atoms with van der Waals surface area (Å²) in [5.41, 5.74) is 2.32. The van der Waals surface area contributed by atoms with E-state index in [4.69, 9.17) is 16.3 Å². The summed E-state index contributed by atoms with van der Waals surface area (Å²) in [6, 6.07) is 14.5. The van der Waals surface area contributed by atoms with Gasteiger partial charge in [-0.3, -0.25) is 9.69 Å². The van der Waals surface area contributed by atoms with Crippen molar-refractivity contribution in [3.05, 3.63) is 80.4 Å². The van der Waals surface area contributed by atoms with E-state index in [9.17, 15) is 9.59 Å². The van der Waals surface area contributed by atoms with E-state index in [1.807, 2.05) is 24.3 Å². The largest absolute Gasteiger partial charge is 0.465 e. The lowest BCUT2D eigenvalue weighted by atomic mass is 10.0. The number of amides is 1. The van der Waals surface area contributed by atoms with Crippen molar-refractivity contribution in [2.75, 3.05) is 12.0 Å². The molecule has 0 fully saturated rings. The molecule has 0 spiro atoms. The molecule has 0 bridgehead atoms. The van der Waals surface area contributed by atoms with E-state index in [-0.39, 0.29) is 17.1 Å². The van der Waals surface area contributed by atoms with Crippen LogP contribution in [0.4, 0.5) is 5.69 Å². The Kier molecular flexibility index (Phi) is 5.30. The number of carbonyl (C=O) groups excluding carboxylic acids is 2. The highest BCUT2D eigenvalue weighted by atomic mass is 79.9. The molecule has 4 nitrogen and oxygen atoms in total. The third kappa shape index (κ3) is 3.32. The fraction of sp³-hybridized carbons (Fsp3) is 0.100. The highest BCUT2D eigenvalue weighted by Gasteiger charge is 2.38. The van der Waals surface area contributed by atoms with Crippen LogP contribution in [0.5, 0.6) is 0 Å². The Balaban J connectivity index is 2.16. The number of anilines is 1. The van der Waals surface area contributed by atoms with Gasteiger partial charge in [-0.2, -0.15) is 0 Å². The zero-order chi connectivity index (χ0) is 18.8. The SMILES string of the molecule is COC(=O)C1=C(C)N(c2ccccc2Cl)C(=O)/C1=C\c1ccc(Br)cc1. The van der Waals surface area contributed by atoms with E-state index in [2.05, 4.69) is 15.9 Å². The number of esters is 1. The minimum atomic E-state index is -0.561. The summed E-state index contributed by atoms with van der Waals surface area (Å²) in [4.78, 5) is 26.9. The predicted molar refractivity (Wildman–Crippen MR) is 106 cm³/mol. The first-order valence-corrected chi connectivity index (χ1v) is 8.97. The molecule has 0 radical (unpaired) electrons. The molecule has 1 aliphatic heterocycles. The van der Waals surface area contributed by atoms with Crippen molar-refractivity contribution >= 4 is 51.2 Å². The van der Waals surface area contributed by atoms with Crippen LogP contribution in [0.3, 0.4) is 0 Å². The topological polar surface area (TPSA) is 46.6 Å². The van der Waals surface area contributed by atoms with Gasteiger partial charge in [0.2, 0.25) is 0 Å². The van der Waals surface area contributed by atoms with Crippen molar-refractivity contribution in [3.8, 4) is 0 Å². The van der Waals surface area contributed by atoms with Gasteiger partial charge >= 0.3 is 5.97 Å². The molecule has 1 aliphatic rings. The molecule has 0 aliphatic carbocycles. The molecular formula is C20H15BrClNO3. The zero-order valence-corrected chi connectivity index (χ0v) is 16.5. The van der Waals surface area contributed by atoms with Crippen LogP contribution in [0.1, 0.15) is 12.5 Å². The van der Waals surface area contributed by atoms with Gasteiger partial charge < -0.3 is 4.74 Å². The van der Waals surface area contributed by atoms with Crippen LogP contribution in [0.2, 0.25) is 5.02 Å². The summed E-state index contributed by atoms with van der Waals surface area (Å²) >= 11 is 9.64. The normalized spacial score (nSPS) is 15.8. The Morgan fingerprint density at radius 3 is 2.42 bits per heavy atom. The van der Waals surface area contributed by atoms with Crippen molar-refractivity contribution in [1.82, 2.24) is 0 Å². The predicted octanol–water partition coefficient (Wildman–Crippen LogP) is 4.98. The van der Waals surface area contributed by atoms with E-state index in [1.54, 1.807) is 37.3 Å². The maximum absolute atomic E-state index is 13.1. The Bertz CT molecular complexity index is 948. The van der Waals surface area contributed by atoms with Gasteiger partial charge in [-0.15, -0.1) is 0 Å². The Morgan fingerprint density at radius 1 is 1.15 bits per heavy atom. The van der Waals surface area contributed by atoms with Gasteiger partial charge in [0, 0.05) is 10.2 Å². The van der Waals surface area contributed by atoms with Crippen LogP contribution in [0.15, 0.2) is 69.8 Å². The molecule has 2 aromatic rings. The first kappa shape index (κ1) is 18.4.